The highest BCUT2D eigenvalue weighted by Crippen LogP contribution is 2.35. The monoisotopic (exact) mass is 376 g/mol. The molecule has 1 amide bonds. The van der Waals surface area contributed by atoms with E-state index in [2.05, 4.69) is 15.2 Å². The Hall–Kier alpha value is -2.19. The molecular formula is C16H17ClN6OS. The van der Waals surface area contributed by atoms with Crippen LogP contribution in [0.3, 0.4) is 0 Å². The first-order chi connectivity index (χ1) is 11.9. The Bertz CT molecular complexity index is 982. The van der Waals surface area contributed by atoms with Crippen LogP contribution >= 0.6 is 22.9 Å². The molecule has 1 unspecified atom stereocenters. The number of thiazole rings is 1. The molecule has 0 radical (unpaired) electrons. The summed E-state index contributed by atoms with van der Waals surface area (Å²) in [5.74, 6) is 1.14. The van der Waals surface area contributed by atoms with Crippen LogP contribution in [0.1, 0.15) is 13.3 Å². The fourth-order valence-corrected chi connectivity index (χ4v) is 4.24. The minimum atomic E-state index is -0.529. The third-order valence-electron chi connectivity index (χ3n) is 4.74. The second-order valence-corrected chi connectivity index (χ2v) is 8.08. The predicted octanol–water partition coefficient (Wildman–Crippen LogP) is 2.45. The first-order valence-electron chi connectivity index (χ1n) is 7.88. The molecule has 1 aliphatic heterocycles. The van der Waals surface area contributed by atoms with Crippen LogP contribution in [-0.4, -0.2) is 38.7 Å². The molecular weight excluding hydrogens is 360 g/mol. The summed E-state index contributed by atoms with van der Waals surface area (Å²) in [6.45, 7) is 3.16. The van der Waals surface area contributed by atoms with Gasteiger partial charge in [-0.3, -0.25) is 9.36 Å². The average molecular weight is 377 g/mol. The molecule has 0 saturated carbocycles. The summed E-state index contributed by atoms with van der Waals surface area (Å²) >= 11 is 7.58. The van der Waals surface area contributed by atoms with Crippen molar-refractivity contribution in [3.8, 4) is 10.8 Å². The van der Waals surface area contributed by atoms with E-state index in [9.17, 15) is 4.79 Å². The first kappa shape index (κ1) is 16.3. The molecule has 1 atom stereocenters. The Morgan fingerprint density at radius 2 is 2.20 bits per heavy atom. The van der Waals surface area contributed by atoms with Gasteiger partial charge >= 0.3 is 0 Å². The highest BCUT2D eigenvalue weighted by Gasteiger charge is 2.40. The Morgan fingerprint density at radius 3 is 2.92 bits per heavy atom. The lowest BCUT2D eigenvalue weighted by Gasteiger charge is -2.21. The van der Waals surface area contributed by atoms with Crippen LogP contribution < -0.4 is 10.6 Å². The van der Waals surface area contributed by atoms with Crippen molar-refractivity contribution in [2.75, 3.05) is 18.0 Å². The number of nitrogens with two attached hydrogens (primary N) is 1. The zero-order valence-electron chi connectivity index (χ0n) is 13.9. The second-order valence-electron chi connectivity index (χ2n) is 6.61. The van der Waals surface area contributed by atoms with Gasteiger partial charge in [0.15, 0.2) is 10.8 Å². The molecule has 1 saturated heterocycles. The molecule has 7 nitrogen and oxygen atoms in total. The largest absolute Gasteiger partial charge is 0.369 e. The number of anilines is 1. The van der Waals surface area contributed by atoms with Gasteiger partial charge in [-0.25, -0.2) is 4.98 Å². The topological polar surface area (TPSA) is 89.9 Å². The van der Waals surface area contributed by atoms with Gasteiger partial charge in [-0.15, -0.1) is 21.5 Å². The number of carbonyl (C=O) groups excluding carboxylic acids is 1. The number of fused-ring (bicyclic) bond motifs is 1. The van der Waals surface area contributed by atoms with E-state index in [-0.39, 0.29) is 5.91 Å². The summed E-state index contributed by atoms with van der Waals surface area (Å²) in [6, 6.07) is 5.64. The van der Waals surface area contributed by atoms with Crippen LogP contribution in [0.5, 0.6) is 0 Å². The number of aromatic nitrogens is 4. The first-order valence-corrected chi connectivity index (χ1v) is 9.07. The third-order valence-corrected chi connectivity index (χ3v) is 6.01. The number of hydrogen-bond donors (Lipinski definition) is 1. The Kier molecular flexibility index (Phi) is 3.69. The summed E-state index contributed by atoms with van der Waals surface area (Å²) in [5.41, 5.74) is 5.85. The van der Waals surface area contributed by atoms with E-state index in [4.69, 9.17) is 17.3 Å². The fraction of sp³-hybridized carbons (Fsp3) is 0.375. The minimum Gasteiger partial charge on any atom is -0.369 e. The van der Waals surface area contributed by atoms with E-state index in [1.807, 2.05) is 41.6 Å². The van der Waals surface area contributed by atoms with Crippen LogP contribution in [0.15, 0.2) is 18.2 Å². The molecule has 0 spiro atoms. The lowest BCUT2D eigenvalue weighted by molar-refractivity contribution is -0.125. The standard InChI is InChI=1S/C16H17ClN6OS/c1-16(14(18)24)5-6-23(8-16)15-21-20-12(22(15)2)13-19-10-7-9(17)3-4-11(10)25-13/h3-4,7H,5-6,8H2,1-2H3,(H2,18,24). The van der Waals surface area contributed by atoms with Crippen molar-refractivity contribution in [3.05, 3.63) is 23.2 Å². The van der Waals surface area contributed by atoms with Crippen LogP contribution in [0.4, 0.5) is 5.95 Å². The maximum Gasteiger partial charge on any atom is 0.227 e. The summed E-state index contributed by atoms with van der Waals surface area (Å²) in [6.07, 6.45) is 0.712. The van der Waals surface area contributed by atoms with Crippen molar-refractivity contribution in [2.24, 2.45) is 18.2 Å². The van der Waals surface area contributed by atoms with Crippen molar-refractivity contribution in [3.63, 3.8) is 0 Å². The van der Waals surface area contributed by atoms with Gasteiger partial charge in [-0.2, -0.15) is 0 Å². The van der Waals surface area contributed by atoms with Crippen LogP contribution in [0.25, 0.3) is 21.0 Å². The van der Waals surface area contributed by atoms with E-state index in [0.717, 1.165) is 27.7 Å². The lowest BCUT2D eigenvalue weighted by atomic mass is 9.89. The molecule has 1 fully saturated rings. The highest BCUT2D eigenvalue weighted by atomic mass is 35.5. The van der Waals surface area contributed by atoms with E-state index in [1.54, 1.807) is 11.3 Å². The number of nitrogens with zero attached hydrogens (tertiary/aromatic N) is 5. The van der Waals surface area contributed by atoms with Gasteiger partial charge in [0, 0.05) is 25.2 Å². The van der Waals surface area contributed by atoms with E-state index >= 15 is 0 Å². The lowest BCUT2D eigenvalue weighted by Crippen LogP contribution is -2.37. The fourth-order valence-electron chi connectivity index (χ4n) is 3.11. The van der Waals surface area contributed by atoms with Crippen LogP contribution in [-0.2, 0) is 11.8 Å². The molecule has 3 aromatic rings. The number of amides is 1. The molecule has 1 aliphatic rings. The maximum absolute atomic E-state index is 11.7. The van der Waals surface area contributed by atoms with E-state index in [0.29, 0.717) is 23.8 Å². The molecule has 0 bridgehead atoms. The minimum absolute atomic E-state index is 0.277. The van der Waals surface area contributed by atoms with Gasteiger partial charge in [0.25, 0.3) is 0 Å². The van der Waals surface area contributed by atoms with Crippen molar-refractivity contribution in [1.82, 2.24) is 19.7 Å². The Balaban J connectivity index is 1.68. The SMILES string of the molecule is Cn1c(-c2nc3cc(Cl)ccc3s2)nnc1N1CCC(C)(C(N)=O)C1. The van der Waals surface area contributed by atoms with Gasteiger partial charge in [-0.05, 0) is 31.5 Å². The number of halogens is 1. The molecule has 1 aromatic carbocycles. The molecule has 0 aliphatic carbocycles. The molecule has 2 N–H and O–H groups in total. The van der Waals surface area contributed by atoms with Gasteiger partial charge < -0.3 is 10.6 Å². The molecule has 4 rings (SSSR count). The van der Waals surface area contributed by atoms with Crippen molar-refractivity contribution >= 4 is 45.0 Å². The predicted molar refractivity (Wildman–Crippen MR) is 98.8 cm³/mol. The number of primary amides is 1. The Morgan fingerprint density at radius 1 is 1.40 bits per heavy atom. The van der Waals surface area contributed by atoms with Crippen LogP contribution in [0, 0.1) is 5.41 Å². The van der Waals surface area contributed by atoms with Gasteiger partial charge in [0.05, 0.1) is 15.6 Å². The smallest absolute Gasteiger partial charge is 0.227 e. The van der Waals surface area contributed by atoms with Gasteiger partial charge in [0.1, 0.15) is 0 Å². The summed E-state index contributed by atoms with van der Waals surface area (Å²) < 4.78 is 2.96. The second kappa shape index (κ2) is 5.67. The third kappa shape index (κ3) is 2.65. The Labute approximate surface area is 153 Å². The van der Waals surface area contributed by atoms with Crippen LogP contribution in [0.2, 0.25) is 5.02 Å². The van der Waals surface area contributed by atoms with Crippen molar-refractivity contribution in [1.29, 1.82) is 0 Å². The number of carbonyl (C=O) groups is 1. The highest BCUT2D eigenvalue weighted by molar-refractivity contribution is 7.21. The molecule has 130 valence electrons. The number of benzene rings is 1. The summed E-state index contributed by atoms with van der Waals surface area (Å²) in [4.78, 5) is 18.3. The number of rotatable bonds is 3. The van der Waals surface area contributed by atoms with Crippen molar-refractivity contribution in [2.45, 2.75) is 13.3 Å². The average Bonchev–Trinajstić information content (AvgIpc) is 3.24. The zero-order valence-corrected chi connectivity index (χ0v) is 15.4. The van der Waals surface area contributed by atoms with Gasteiger partial charge in [-0.1, -0.05) is 11.6 Å². The van der Waals surface area contributed by atoms with E-state index in [1.165, 1.54) is 0 Å². The summed E-state index contributed by atoms with van der Waals surface area (Å²) in [5, 5.41) is 10.1. The molecule has 3 heterocycles. The molecule has 9 heteroatoms. The zero-order chi connectivity index (χ0) is 17.8. The van der Waals surface area contributed by atoms with E-state index < -0.39 is 5.41 Å². The number of hydrogen-bond acceptors (Lipinski definition) is 6. The van der Waals surface area contributed by atoms with Crippen molar-refractivity contribution < 1.29 is 4.79 Å². The quantitative estimate of drug-likeness (QED) is 0.758. The molecule has 2 aromatic heterocycles. The van der Waals surface area contributed by atoms with Gasteiger partial charge in [0.2, 0.25) is 11.9 Å². The molecule has 25 heavy (non-hydrogen) atoms. The normalized spacial score (nSPS) is 20.5. The maximum atomic E-state index is 11.7. The summed E-state index contributed by atoms with van der Waals surface area (Å²) in [7, 11) is 1.91.